The molecule has 3 rings (SSSR count). The molecule has 5 nitrogen and oxygen atoms in total. The van der Waals surface area contributed by atoms with Gasteiger partial charge in [0, 0.05) is 26.1 Å². The van der Waals surface area contributed by atoms with Crippen molar-refractivity contribution in [1.82, 2.24) is 9.88 Å². The van der Waals surface area contributed by atoms with Gasteiger partial charge in [0.1, 0.15) is 4.88 Å². The van der Waals surface area contributed by atoms with E-state index in [-0.39, 0.29) is 11.8 Å². The average Bonchev–Trinajstić information content (AvgIpc) is 2.94. The molecule has 2 aliphatic rings. The summed E-state index contributed by atoms with van der Waals surface area (Å²) in [6.45, 7) is 1.33. The van der Waals surface area contributed by atoms with Crippen LogP contribution in [-0.4, -0.2) is 46.6 Å². The maximum atomic E-state index is 12.5. The van der Waals surface area contributed by atoms with Crippen molar-refractivity contribution in [3.63, 3.8) is 0 Å². The Hall–Kier alpha value is -1.14. The van der Waals surface area contributed by atoms with Gasteiger partial charge in [-0.05, 0) is 19.3 Å². The molecule has 0 aromatic carbocycles. The molecule has 1 aliphatic carbocycles. The third kappa shape index (κ3) is 2.42. The second-order valence-electron chi connectivity index (χ2n) is 5.83. The highest BCUT2D eigenvalue weighted by molar-refractivity contribution is 7.17. The van der Waals surface area contributed by atoms with Crippen molar-refractivity contribution in [3.8, 4) is 0 Å². The van der Waals surface area contributed by atoms with E-state index in [1.807, 2.05) is 4.90 Å². The minimum absolute atomic E-state index is 0.0524. The number of aliphatic hydroxyl groups is 1. The molecule has 20 heavy (non-hydrogen) atoms. The Morgan fingerprint density at radius 1 is 1.55 bits per heavy atom. The molecule has 2 fully saturated rings. The van der Waals surface area contributed by atoms with Gasteiger partial charge in [0.2, 0.25) is 0 Å². The molecule has 2 atom stereocenters. The Morgan fingerprint density at radius 2 is 2.40 bits per heavy atom. The third-order valence-electron chi connectivity index (χ3n) is 4.65. The highest BCUT2D eigenvalue weighted by Gasteiger charge is 2.43. The Bertz CT molecular complexity index is 504. The molecule has 110 valence electrons. The summed E-state index contributed by atoms with van der Waals surface area (Å²) in [5.74, 6) is 0.294. The van der Waals surface area contributed by atoms with Gasteiger partial charge in [-0.3, -0.25) is 4.79 Å². The molecule has 1 saturated carbocycles. The lowest BCUT2D eigenvalue weighted by Gasteiger charge is -2.47. The van der Waals surface area contributed by atoms with Crippen molar-refractivity contribution in [1.29, 1.82) is 0 Å². The quantitative estimate of drug-likeness (QED) is 0.875. The predicted molar refractivity (Wildman–Crippen MR) is 79.1 cm³/mol. The number of hydrogen-bond acceptors (Lipinski definition) is 5. The normalized spacial score (nSPS) is 29.9. The van der Waals surface area contributed by atoms with Crippen molar-refractivity contribution in [2.45, 2.75) is 37.7 Å². The van der Waals surface area contributed by atoms with Crippen LogP contribution in [0.2, 0.25) is 0 Å². The first-order valence-corrected chi connectivity index (χ1v) is 8.09. The SMILES string of the molecule is CNc1ncc(C(=O)N2CCC3(O)CCCCC3C2)s1. The van der Waals surface area contributed by atoms with Crippen LogP contribution in [0.15, 0.2) is 6.20 Å². The van der Waals surface area contributed by atoms with E-state index in [1.54, 1.807) is 13.2 Å². The second-order valence-corrected chi connectivity index (χ2v) is 6.86. The van der Waals surface area contributed by atoms with Gasteiger partial charge >= 0.3 is 0 Å². The number of anilines is 1. The number of hydrogen-bond donors (Lipinski definition) is 2. The van der Waals surface area contributed by atoms with Crippen LogP contribution in [0.3, 0.4) is 0 Å². The maximum absolute atomic E-state index is 12.5. The number of carbonyl (C=O) groups excluding carboxylic acids is 1. The molecular weight excluding hydrogens is 274 g/mol. The lowest BCUT2D eigenvalue weighted by Crippen LogP contribution is -2.54. The molecule has 0 spiro atoms. The van der Waals surface area contributed by atoms with E-state index in [0.717, 1.165) is 24.4 Å². The fourth-order valence-electron chi connectivity index (χ4n) is 3.40. The van der Waals surface area contributed by atoms with Crippen LogP contribution in [0.4, 0.5) is 5.13 Å². The number of aromatic nitrogens is 1. The minimum atomic E-state index is -0.529. The van der Waals surface area contributed by atoms with Gasteiger partial charge < -0.3 is 15.3 Å². The van der Waals surface area contributed by atoms with Crippen LogP contribution in [0.5, 0.6) is 0 Å². The maximum Gasteiger partial charge on any atom is 0.265 e. The summed E-state index contributed by atoms with van der Waals surface area (Å²) in [6, 6.07) is 0. The lowest BCUT2D eigenvalue weighted by atomic mass is 9.71. The second kappa shape index (κ2) is 5.33. The number of rotatable bonds is 2. The van der Waals surface area contributed by atoms with E-state index in [1.165, 1.54) is 17.8 Å². The molecular formula is C14H21N3O2S. The molecule has 1 amide bonds. The van der Waals surface area contributed by atoms with Gasteiger partial charge in [-0.15, -0.1) is 0 Å². The van der Waals surface area contributed by atoms with Crippen molar-refractivity contribution in [2.75, 3.05) is 25.5 Å². The number of carbonyl (C=O) groups is 1. The first kappa shape index (κ1) is 13.8. The van der Waals surface area contributed by atoms with Gasteiger partial charge in [-0.2, -0.15) is 0 Å². The van der Waals surface area contributed by atoms with Crippen LogP contribution in [0.25, 0.3) is 0 Å². The Labute approximate surface area is 123 Å². The highest BCUT2D eigenvalue weighted by Crippen LogP contribution is 2.40. The van der Waals surface area contributed by atoms with Crippen LogP contribution in [0.1, 0.15) is 41.8 Å². The van der Waals surface area contributed by atoms with E-state index in [2.05, 4.69) is 10.3 Å². The predicted octanol–water partition coefficient (Wildman–Crippen LogP) is 1.95. The van der Waals surface area contributed by atoms with Crippen LogP contribution in [-0.2, 0) is 0 Å². The molecule has 1 aromatic heterocycles. The first-order valence-electron chi connectivity index (χ1n) is 7.27. The number of nitrogens with zero attached hydrogens (tertiary/aromatic N) is 2. The van der Waals surface area contributed by atoms with Gasteiger partial charge in [0.15, 0.2) is 5.13 Å². The number of piperidine rings is 1. The number of thiazole rings is 1. The highest BCUT2D eigenvalue weighted by atomic mass is 32.1. The summed E-state index contributed by atoms with van der Waals surface area (Å²) < 4.78 is 0. The molecule has 1 saturated heterocycles. The summed E-state index contributed by atoms with van der Waals surface area (Å²) in [5, 5.41) is 14.4. The fourth-order valence-corrected chi connectivity index (χ4v) is 4.14. The smallest absolute Gasteiger partial charge is 0.265 e. The van der Waals surface area contributed by atoms with Gasteiger partial charge in [0.25, 0.3) is 5.91 Å². The summed E-state index contributed by atoms with van der Waals surface area (Å²) in [4.78, 5) is 19.2. The molecule has 2 heterocycles. The van der Waals surface area contributed by atoms with Crippen molar-refractivity contribution in [3.05, 3.63) is 11.1 Å². The van der Waals surface area contributed by atoms with Crippen LogP contribution >= 0.6 is 11.3 Å². The zero-order valence-corrected chi connectivity index (χ0v) is 12.6. The molecule has 2 N–H and O–H groups in total. The minimum Gasteiger partial charge on any atom is -0.389 e. The fraction of sp³-hybridized carbons (Fsp3) is 0.714. The zero-order valence-electron chi connectivity index (χ0n) is 11.8. The third-order valence-corrected chi connectivity index (χ3v) is 5.65. The first-order chi connectivity index (χ1) is 9.62. The van der Waals surface area contributed by atoms with Crippen LogP contribution in [0, 0.1) is 5.92 Å². The number of likely N-dealkylation sites (tertiary alicyclic amines) is 1. The van der Waals surface area contributed by atoms with Crippen LogP contribution < -0.4 is 5.32 Å². The van der Waals surface area contributed by atoms with Gasteiger partial charge in [-0.1, -0.05) is 24.2 Å². The van der Waals surface area contributed by atoms with E-state index in [9.17, 15) is 9.90 Å². The molecule has 1 aliphatic heterocycles. The van der Waals surface area contributed by atoms with E-state index >= 15 is 0 Å². The Balaban J connectivity index is 1.71. The van der Waals surface area contributed by atoms with E-state index < -0.39 is 5.60 Å². The van der Waals surface area contributed by atoms with E-state index in [0.29, 0.717) is 24.4 Å². The zero-order chi connectivity index (χ0) is 14.2. The summed E-state index contributed by atoms with van der Waals surface area (Å²) in [5.41, 5.74) is -0.529. The molecule has 2 unspecified atom stereocenters. The topological polar surface area (TPSA) is 65.5 Å². The number of fused-ring (bicyclic) bond motifs is 1. The Kier molecular flexibility index (Phi) is 3.69. The summed E-state index contributed by atoms with van der Waals surface area (Å²) in [7, 11) is 1.80. The standard InChI is InChI=1S/C14H21N3O2S/c1-15-13-16-8-11(20-13)12(18)17-7-6-14(19)5-3-2-4-10(14)9-17/h8,10,19H,2-7,9H2,1H3,(H,15,16). The average molecular weight is 295 g/mol. The van der Waals surface area contributed by atoms with Gasteiger partial charge in [0.05, 0.1) is 11.8 Å². The monoisotopic (exact) mass is 295 g/mol. The molecule has 0 bridgehead atoms. The molecule has 6 heteroatoms. The number of nitrogens with one attached hydrogen (secondary N) is 1. The summed E-state index contributed by atoms with van der Waals surface area (Å²) in [6.07, 6.45) is 6.55. The number of amides is 1. The largest absolute Gasteiger partial charge is 0.389 e. The summed E-state index contributed by atoms with van der Waals surface area (Å²) >= 11 is 1.39. The van der Waals surface area contributed by atoms with Crippen molar-refractivity contribution >= 4 is 22.4 Å². The van der Waals surface area contributed by atoms with Crippen molar-refractivity contribution in [2.24, 2.45) is 5.92 Å². The van der Waals surface area contributed by atoms with E-state index in [4.69, 9.17) is 0 Å². The molecule has 0 radical (unpaired) electrons. The lowest BCUT2D eigenvalue weighted by molar-refractivity contribution is -0.0885. The Morgan fingerprint density at radius 3 is 3.15 bits per heavy atom. The van der Waals surface area contributed by atoms with Crippen molar-refractivity contribution < 1.29 is 9.90 Å². The molecule has 1 aromatic rings. The van der Waals surface area contributed by atoms with Gasteiger partial charge in [-0.25, -0.2) is 4.98 Å².